The Morgan fingerprint density at radius 2 is 1.67 bits per heavy atom. The number of fused-ring (bicyclic) bond motifs is 1. The Labute approximate surface area is 249 Å². The van der Waals surface area contributed by atoms with Gasteiger partial charge in [0.1, 0.15) is 6.04 Å². The smallest absolute Gasteiger partial charge is 0.343 e. The highest BCUT2D eigenvalue weighted by Crippen LogP contribution is 2.29. The zero-order valence-electron chi connectivity index (χ0n) is 24.2. The molecule has 8 N–H and O–H groups in total. The molecule has 0 bridgehead atoms. The molecule has 0 fully saturated rings. The molecule has 3 rings (SSSR count). The summed E-state index contributed by atoms with van der Waals surface area (Å²) in [6, 6.07) is 11.6. The van der Waals surface area contributed by atoms with Gasteiger partial charge in [-0.1, -0.05) is 36.9 Å². The van der Waals surface area contributed by atoms with Gasteiger partial charge in [-0.3, -0.25) is 14.6 Å². The van der Waals surface area contributed by atoms with E-state index in [0.29, 0.717) is 67.8 Å². The number of carbonyl (C=O) groups excluding carboxylic acids is 2. The molecule has 0 saturated heterocycles. The number of nitrogens with zero attached hydrogens (tertiary/aromatic N) is 2. The van der Waals surface area contributed by atoms with Crippen LogP contribution in [0.3, 0.4) is 0 Å². The third kappa shape index (κ3) is 9.85. The van der Waals surface area contributed by atoms with Gasteiger partial charge >= 0.3 is 6.18 Å². The molecule has 0 aliphatic heterocycles. The van der Waals surface area contributed by atoms with Crippen LogP contribution in [0.25, 0.3) is 10.9 Å². The molecule has 2 amide bonds. The fourth-order valence-corrected chi connectivity index (χ4v) is 5.13. The van der Waals surface area contributed by atoms with E-state index in [2.05, 4.69) is 22.2 Å². The number of pyridine rings is 1. The van der Waals surface area contributed by atoms with E-state index in [0.717, 1.165) is 23.0 Å². The molecule has 0 spiro atoms. The molecule has 1 aromatic heterocycles. The van der Waals surface area contributed by atoms with Crippen LogP contribution in [0, 0.1) is 0 Å². The minimum absolute atomic E-state index is 0.0459. The van der Waals surface area contributed by atoms with Crippen molar-refractivity contribution < 1.29 is 27.2 Å². The lowest BCUT2D eigenvalue weighted by Crippen LogP contribution is -2.54. The lowest BCUT2D eigenvalue weighted by atomic mass is 10.0. The Morgan fingerprint density at radius 3 is 2.30 bits per heavy atom. The quantitative estimate of drug-likeness (QED) is 0.126. The van der Waals surface area contributed by atoms with E-state index in [1.165, 1.54) is 18.3 Å². The number of alkyl halides is 3. The fourth-order valence-electron chi connectivity index (χ4n) is 5.13. The molecule has 3 aromatic rings. The standard InChI is InChI=1S/C31H40F3N7O2/c1-2-15-41(17-13-35,18-14-36)16-5-7-26(37)29(42)40-28(19-22-9-11-24(12-10-22)31(32,33)34)30(43)39-25-20-23-6-3-4-8-27(23)38-21-25/h2-4,6,8-12,20-21,26,28H,1,5,7,13-19,35-37H2,(H-,39,40,42,43)/p+1/t26?,28-/m1/s1. The SMILES string of the molecule is C=CC[N+](CCN)(CCN)CCCC(N)C(=O)N[C@H](Cc1ccc(C(F)(F)F)cc1)C(=O)Nc1cnc2ccccc2c1. The van der Waals surface area contributed by atoms with Crippen molar-refractivity contribution in [1.29, 1.82) is 0 Å². The van der Waals surface area contributed by atoms with Crippen molar-refractivity contribution >= 4 is 28.4 Å². The second-order valence-corrected chi connectivity index (χ2v) is 10.7. The number of para-hydroxylation sites is 1. The van der Waals surface area contributed by atoms with E-state index in [4.69, 9.17) is 17.2 Å². The van der Waals surface area contributed by atoms with Crippen LogP contribution in [0.1, 0.15) is 24.0 Å². The van der Waals surface area contributed by atoms with Crippen molar-refractivity contribution in [2.45, 2.75) is 37.5 Å². The Balaban J connectivity index is 1.73. The normalized spacial score (nSPS) is 13.3. The van der Waals surface area contributed by atoms with Gasteiger partial charge < -0.3 is 32.3 Å². The molecular formula is C31H41F3N7O2+. The minimum atomic E-state index is -4.49. The van der Waals surface area contributed by atoms with Crippen LogP contribution in [0.5, 0.6) is 0 Å². The van der Waals surface area contributed by atoms with Gasteiger partial charge in [0, 0.05) is 24.9 Å². The number of halogens is 3. The monoisotopic (exact) mass is 600 g/mol. The van der Waals surface area contributed by atoms with Gasteiger partial charge in [-0.05, 0) is 48.7 Å². The number of aromatic nitrogens is 1. The van der Waals surface area contributed by atoms with Crippen molar-refractivity contribution in [1.82, 2.24) is 10.3 Å². The molecule has 0 radical (unpaired) electrons. The fraction of sp³-hybridized carbons (Fsp3) is 0.387. The Bertz CT molecular complexity index is 1360. The number of hydrogen-bond donors (Lipinski definition) is 5. The van der Waals surface area contributed by atoms with Gasteiger partial charge in [0.15, 0.2) is 0 Å². The summed E-state index contributed by atoms with van der Waals surface area (Å²) < 4.78 is 39.9. The Kier molecular flexibility index (Phi) is 12.2. The molecule has 232 valence electrons. The number of rotatable bonds is 16. The highest BCUT2D eigenvalue weighted by atomic mass is 19.4. The maximum Gasteiger partial charge on any atom is 0.416 e. The first-order chi connectivity index (χ1) is 20.5. The molecule has 2 atom stereocenters. The van der Waals surface area contributed by atoms with Crippen molar-refractivity contribution in [2.24, 2.45) is 17.2 Å². The van der Waals surface area contributed by atoms with Crippen LogP contribution in [-0.2, 0) is 22.2 Å². The van der Waals surface area contributed by atoms with Crippen LogP contribution in [0.2, 0.25) is 0 Å². The summed E-state index contributed by atoms with van der Waals surface area (Å²) in [4.78, 5) is 30.9. The van der Waals surface area contributed by atoms with E-state index in [1.54, 1.807) is 6.07 Å². The molecule has 12 heteroatoms. The molecule has 43 heavy (non-hydrogen) atoms. The number of amides is 2. The lowest BCUT2D eigenvalue weighted by Gasteiger charge is -2.37. The summed E-state index contributed by atoms with van der Waals surface area (Å²) in [6.45, 7) is 7.62. The number of nitrogens with one attached hydrogen (secondary N) is 2. The van der Waals surface area contributed by atoms with Crippen LogP contribution in [0.15, 0.2) is 73.4 Å². The maximum atomic E-state index is 13.4. The van der Waals surface area contributed by atoms with Gasteiger partial charge in [-0.15, -0.1) is 0 Å². The molecule has 0 aliphatic carbocycles. The molecule has 0 aliphatic rings. The number of quaternary nitrogens is 1. The summed E-state index contributed by atoms with van der Waals surface area (Å²) in [6.07, 6.45) is -0.249. The topological polar surface area (TPSA) is 149 Å². The third-order valence-corrected chi connectivity index (χ3v) is 7.42. The highest BCUT2D eigenvalue weighted by Gasteiger charge is 2.31. The minimum Gasteiger partial charge on any atom is -0.343 e. The van der Waals surface area contributed by atoms with Crippen molar-refractivity contribution in [3.63, 3.8) is 0 Å². The number of benzene rings is 2. The average Bonchev–Trinajstić information content (AvgIpc) is 2.97. The van der Waals surface area contributed by atoms with E-state index in [1.807, 2.05) is 30.3 Å². The van der Waals surface area contributed by atoms with Crippen LogP contribution < -0.4 is 27.8 Å². The predicted molar refractivity (Wildman–Crippen MR) is 163 cm³/mol. The van der Waals surface area contributed by atoms with E-state index >= 15 is 0 Å². The third-order valence-electron chi connectivity index (χ3n) is 7.42. The molecule has 1 unspecified atom stereocenters. The molecule has 0 saturated carbocycles. The molecule has 2 aromatic carbocycles. The first-order valence-electron chi connectivity index (χ1n) is 14.2. The maximum absolute atomic E-state index is 13.4. The lowest BCUT2D eigenvalue weighted by molar-refractivity contribution is -0.920. The number of hydrogen-bond acceptors (Lipinski definition) is 6. The summed E-state index contributed by atoms with van der Waals surface area (Å²) in [7, 11) is 0. The van der Waals surface area contributed by atoms with Gasteiger partial charge in [-0.2, -0.15) is 13.2 Å². The Morgan fingerprint density at radius 1 is 1.00 bits per heavy atom. The first kappa shape index (κ1) is 33.7. The van der Waals surface area contributed by atoms with Gasteiger partial charge in [0.05, 0.1) is 55.2 Å². The average molecular weight is 601 g/mol. The van der Waals surface area contributed by atoms with Crippen molar-refractivity contribution in [3.05, 3.63) is 84.6 Å². The summed E-state index contributed by atoms with van der Waals surface area (Å²) >= 11 is 0. The zero-order chi connectivity index (χ0) is 31.5. The number of anilines is 1. The van der Waals surface area contributed by atoms with Gasteiger partial charge in [0.2, 0.25) is 11.8 Å². The molecule has 9 nitrogen and oxygen atoms in total. The van der Waals surface area contributed by atoms with Gasteiger partial charge in [-0.25, -0.2) is 0 Å². The molecular weight excluding hydrogens is 559 g/mol. The second kappa shape index (κ2) is 15.6. The predicted octanol–water partition coefficient (Wildman–Crippen LogP) is 2.95. The van der Waals surface area contributed by atoms with E-state index < -0.39 is 35.6 Å². The first-order valence-corrected chi connectivity index (χ1v) is 14.2. The van der Waals surface area contributed by atoms with E-state index in [-0.39, 0.29) is 6.42 Å². The van der Waals surface area contributed by atoms with Crippen molar-refractivity contribution in [2.75, 3.05) is 44.6 Å². The van der Waals surface area contributed by atoms with Crippen LogP contribution in [0.4, 0.5) is 18.9 Å². The highest BCUT2D eigenvalue weighted by molar-refractivity contribution is 5.99. The number of nitrogens with two attached hydrogens (primary N) is 3. The summed E-state index contributed by atoms with van der Waals surface area (Å²) in [5.41, 5.74) is 18.7. The van der Waals surface area contributed by atoms with Gasteiger partial charge in [0.25, 0.3) is 0 Å². The second-order valence-electron chi connectivity index (χ2n) is 10.7. The van der Waals surface area contributed by atoms with Crippen molar-refractivity contribution in [3.8, 4) is 0 Å². The number of carbonyl (C=O) groups is 2. The molecule has 1 heterocycles. The Hall–Kier alpha value is -3.84. The summed E-state index contributed by atoms with van der Waals surface area (Å²) in [5, 5.41) is 6.28. The summed E-state index contributed by atoms with van der Waals surface area (Å²) in [5.74, 6) is -1.09. The van der Waals surface area contributed by atoms with Crippen LogP contribution in [-0.4, -0.2) is 72.6 Å². The van der Waals surface area contributed by atoms with Crippen LogP contribution >= 0.6 is 0 Å². The van der Waals surface area contributed by atoms with E-state index in [9.17, 15) is 22.8 Å². The zero-order valence-corrected chi connectivity index (χ0v) is 24.2. The largest absolute Gasteiger partial charge is 0.416 e.